The van der Waals surface area contributed by atoms with Crippen molar-refractivity contribution < 1.29 is 0 Å². The molecule has 19 heavy (non-hydrogen) atoms. The molecule has 112 valence electrons. The lowest BCUT2D eigenvalue weighted by atomic mass is 9.62. The van der Waals surface area contributed by atoms with Gasteiger partial charge in [0, 0.05) is 24.7 Å². The van der Waals surface area contributed by atoms with Crippen LogP contribution in [0.2, 0.25) is 0 Å². The van der Waals surface area contributed by atoms with Crippen LogP contribution in [-0.2, 0) is 0 Å². The van der Waals surface area contributed by atoms with E-state index in [1.807, 2.05) is 0 Å². The highest BCUT2D eigenvalue weighted by atomic mass is 15.3. The molecule has 0 aromatic heterocycles. The lowest BCUT2D eigenvalue weighted by molar-refractivity contribution is -0.0641. The molecule has 2 unspecified atom stereocenters. The summed E-state index contributed by atoms with van der Waals surface area (Å²) in [4.78, 5) is 5.15. The molecule has 2 atom stereocenters. The summed E-state index contributed by atoms with van der Waals surface area (Å²) < 4.78 is 0. The highest BCUT2D eigenvalue weighted by Gasteiger charge is 2.50. The van der Waals surface area contributed by atoms with Gasteiger partial charge in [-0.05, 0) is 51.7 Å². The van der Waals surface area contributed by atoms with Crippen LogP contribution in [0.1, 0.15) is 52.4 Å². The zero-order chi connectivity index (χ0) is 14.1. The molecule has 0 radical (unpaired) electrons. The van der Waals surface area contributed by atoms with Crippen molar-refractivity contribution in [2.75, 3.05) is 33.7 Å². The van der Waals surface area contributed by atoms with E-state index in [0.717, 1.165) is 6.54 Å². The van der Waals surface area contributed by atoms with E-state index in [1.165, 1.54) is 51.6 Å². The Morgan fingerprint density at radius 3 is 2.47 bits per heavy atom. The molecular formula is C16H33N3. The summed E-state index contributed by atoms with van der Waals surface area (Å²) in [6, 6.07) is 0.680. The second kappa shape index (κ2) is 5.71. The van der Waals surface area contributed by atoms with Gasteiger partial charge in [0.25, 0.3) is 0 Å². The van der Waals surface area contributed by atoms with Crippen molar-refractivity contribution in [3.05, 3.63) is 0 Å². The predicted molar refractivity (Wildman–Crippen MR) is 82.3 cm³/mol. The summed E-state index contributed by atoms with van der Waals surface area (Å²) in [6.07, 6.45) is 7.95. The molecule has 2 rings (SSSR count). The van der Waals surface area contributed by atoms with E-state index in [0.29, 0.717) is 11.5 Å². The van der Waals surface area contributed by atoms with E-state index in [-0.39, 0.29) is 5.54 Å². The van der Waals surface area contributed by atoms with Crippen molar-refractivity contribution in [3.8, 4) is 0 Å². The molecule has 0 aromatic carbocycles. The number of hydrogen-bond acceptors (Lipinski definition) is 3. The number of hydrogen-bond donors (Lipinski definition) is 1. The van der Waals surface area contributed by atoms with Gasteiger partial charge in [-0.1, -0.05) is 26.7 Å². The normalized spacial score (nSPS) is 36.6. The van der Waals surface area contributed by atoms with Crippen LogP contribution in [0.25, 0.3) is 0 Å². The zero-order valence-electron chi connectivity index (χ0n) is 13.4. The minimum Gasteiger partial charge on any atom is -0.329 e. The highest BCUT2D eigenvalue weighted by molar-refractivity contribution is 5.06. The van der Waals surface area contributed by atoms with E-state index >= 15 is 0 Å². The quantitative estimate of drug-likeness (QED) is 0.852. The van der Waals surface area contributed by atoms with Gasteiger partial charge in [0.1, 0.15) is 0 Å². The third-order valence-corrected chi connectivity index (χ3v) is 6.06. The topological polar surface area (TPSA) is 32.5 Å². The van der Waals surface area contributed by atoms with Crippen molar-refractivity contribution in [2.24, 2.45) is 11.1 Å². The lowest BCUT2D eigenvalue weighted by Gasteiger charge is -2.58. The SMILES string of the molecule is CN1CCCC(N(C)C2(CN)CCCCC2(C)C)C1. The number of rotatable bonds is 3. The van der Waals surface area contributed by atoms with Crippen LogP contribution in [-0.4, -0.2) is 55.1 Å². The average molecular weight is 267 g/mol. The number of piperidine rings is 1. The minimum absolute atomic E-state index is 0.202. The fourth-order valence-corrected chi connectivity index (χ4v) is 4.54. The molecule has 0 spiro atoms. The first-order valence-corrected chi connectivity index (χ1v) is 8.04. The van der Waals surface area contributed by atoms with Crippen molar-refractivity contribution in [1.82, 2.24) is 9.80 Å². The van der Waals surface area contributed by atoms with Crippen LogP contribution in [0.15, 0.2) is 0 Å². The Kier molecular flexibility index (Phi) is 4.59. The number of likely N-dealkylation sites (tertiary alicyclic amines) is 1. The first kappa shape index (κ1) is 15.3. The standard InChI is InChI=1S/C16H33N3/c1-15(2)9-5-6-10-16(15,13-17)19(4)14-8-7-11-18(3)12-14/h14H,5-13,17H2,1-4H3. The van der Waals surface area contributed by atoms with Gasteiger partial charge in [-0.2, -0.15) is 0 Å². The Bertz CT molecular complexity index is 302. The van der Waals surface area contributed by atoms with E-state index in [9.17, 15) is 0 Å². The van der Waals surface area contributed by atoms with Gasteiger partial charge in [-0.25, -0.2) is 0 Å². The van der Waals surface area contributed by atoms with Crippen molar-refractivity contribution in [1.29, 1.82) is 0 Å². The fourth-order valence-electron chi connectivity index (χ4n) is 4.54. The number of likely N-dealkylation sites (N-methyl/N-ethyl adjacent to an activating group) is 2. The van der Waals surface area contributed by atoms with Gasteiger partial charge < -0.3 is 10.6 Å². The molecule has 3 heteroatoms. The van der Waals surface area contributed by atoms with Crippen molar-refractivity contribution in [2.45, 2.75) is 64.0 Å². The maximum atomic E-state index is 6.30. The Labute approximate surface area is 119 Å². The molecule has 1 heterocycles. The van der Waals surface area contributed by atoms with Crippen LogP contribution >= 0.6 is 0 Å². The summed E-state index contributed by atoms with van der Waals surface area (Å²) in [5.74, 6) is 0. The first-order chi connectivity index (χ1) is 8.93. The molecule has 3 nitrogen and oxygen atoms in total. The fraction of sp³-hybridized carbons (Fsp3) is 1.00. The van der Waals surface area contributed by atoms with E-state index < -0.39 is 0 Å². The molecule has 0 amide bonds. The first-order valence-electron chi connectivity index (χ1n) is 8.04. The summed E-state index contributed by atoms with van der Waals surface area (Å²) in [5.41, 5.74) is 6.84. The number of nitrogens with zero attached hydrogens (tertiary/aromatic N) is 2. The van der Waals surface area contributed by atoms with E-state index in [2.05, 4.69) is 37.7 Å². The minimum atomic E-state index is 0.202. The Balaban J connectivity index is 2.19. The number of nitrogens with two attached hydrogens (primary N) is 1. The van der Waals surface area contributed by atoms with Gasteiger partial charge in [0.2, 0.25) is 0 Å². The van der Waals surface area contributed by atoms with Gasteiger partial charge >= 0.3 is 0 Å². The third-order valence-electron chi connectivity index (χ3n) is 6.06. The van der Waals surface area contributed by atoms with Crippen LogP contribution in [0.4, 0.5) is 0 Å². The Morgan fingerprint density at radius 1 is 1.21 bits per heavy atom. The van der Waals surface area contributed by atoms with Gasteiger partial charge in [-0.3, -0.25) is 4.90 Å². The largest absolute Gasteiger partial charge is 0.329 e. The van der Waals surface area contributed by atoms with E-state index in [4.69, 9.17) is 5.73 Å². The van der Waals surface area contributed by atoms with E-state index in [1.54, 1.807) is 0 Å². The predicted octanol–water partition coefficient (Wildman–Crippen LogP) is 2.31. The molecule has 2 aliphatic rings. The third kappa shape index (κ3) is 2.70. The molecule has 1 aliphatic carbocycles. The summed E-state index contributed by atoms with van der Waals surface area (Å²) in [7, 11) is 4.59. The van der Waals surface area contributed by atoms with Crippen LogP contribution in [0.3, 0.4) is 0 Å². The van der Waals surface area contributed by atoms with Gasteiger partial charge in [-0.15, -0.1) is 0 Å². The molecule has 1 aliphatic heterocycles. The Morgan fingerprint density at radius 2 is 1.89 bits per heavy atom. The van der Waals surface area contributed by atoms with Gasteiger partial charge in [0.15, 0.2) is 0 Å². The molecule has 1 saturated heterocycles. The van der Waals surface area contributed by atoms with Crippen LogP contribution < -0.4 is 5.73 Å². The maximum Gasteiger partial charge on any atom is 0.0382 e. The molecular weight excluding hydrogens is 234 g/mol. The second-order valence-corrected chi connectivity index (χ2v) is 7.50. The smallest absolute Gasteiger partial charge is 0.0382 e. The van der Waals surface area contributed by atoms with Crippen molar-refractivity contribution in [3.63, 3.8) is 0 Å². The molecule has 2 N–H and O–H groups in total. The molecule has 2 fully saturated rings. The van der Waals surface area contributed by atoms with Crippen LogP contribution in [0, 0.1) is 5.41 Å². The lowest BCUT2D eigenvalue weighted by Crippen LogP contribution is -2.66. The molecule has 0 bridgehead atoms. The summed E-state index contributed by atoms with van der Waals surface area (Å²) in [5, 5.41) is 0. The average Bonchev–Trinajstić information content (AvgIpc) is 2.38. The summed E-state index contributed by atoms with van der Waals surface area (Å²) >= 11 is 0. The second-order valence-electron chi connectivity index (χ2n) is 7.50. The Hall–Kier alpha value is -0.120. The highest BCUT2D eigenvalue weighted by Crippen LogP contribution is 2.47. The maximum absolute atomic E-state index is 6.30. The molecule has 0 aromatic rings. The van der Waals surface area contributed by atoms with Crippen LogP contribution in [0.5, 0.6) is 0 Å². The van der Waals surface area contributed by atoms with Gasteiger partial charge in [0.05, 0.1) is 0 Å². The zero-order valence-corrected chi connectivity index (χ0v) is 13.4. The monoisotopic (exact) mass is 267 g/mol. The van der Waals surface area contributed by atoms with Crippen molar-refractivity contribution >= 4 is 0 Å². The molecule has 1 saturated carbocycles. The summed E-state index contributed by atoms with van der Waals surface area (Å²) in [6.45, 7) is 8.12.